The molecule has 0 atom stereocenters. The predicted molar refractivity (Wildman–Crippen MR) is 106 cm³/mol. The Kier molecular flexibility index (Phi) is 7.11. The molecule has 0 bridgehead atoms. The number of rotatable bonds is 4. The highest BCUT2D eigenvalue weighted by Gasteiger charge is 2.38. The molecule has 0 unspecified atom stereocenters. The van der Waals surface area contributed by atoms with Gasteiger partial charge in [-0.2, -0.15) is 18.3 Å². The normalized spacial score (nSPS) is 15.4. The summed E-state index contributed by atoms with van der Waals surface area (Å²) in [5.74, 6) is -1.22. The highest BCUT2D eigenvalue weighted by atomic mass is 19.4. The molecule has 7 nitrogen and oxygen atoms in total. The summed E-state index contributed by atoms with van der Waals surface area (Å²) in [6.07, 6.45) is -1.10. The molecule has 1 N–H and O–H groups in total. The molecule has 1 aromatic carbocycles. The maximum Gasteiger partial charge on any atom is 0.490 e. The number of carboxylic acid groups (broad SMARTS) is 1. The van der Waals surface area contributed by atoms with Crippen molar-refractivity contribution in [2.75, 3.05) is 13.1 Å². The van der Waals surface area contributed by atoms with Crippen LogP contribution in [-0.4, -0.2) is 50.2 Å². The smallest absolute Gasteiger partial charge is 0.475 e. The first kappa shape index (κ1) is 22.5. The lowest BCUT2D eigenvalue weighted by Gasteiger charge is -2.30. The Morgan fingerprint density at radius 2 is 1.84 bits per heavy atom. The SMILES string of the molecule is Cn1nc(-c2ccccc2)cc1CN1CCC(c2ccno2)CC1.O=C(O)C(F)(F)F. The highest BCUT2D eigenvalue weighted by Crippen LogP contribution is 2.28. The van der Waals surface area contributed by atoms with E-state index in [1.54, 1.807) is 6.20 Å². The molecule has 0 radical (unpaired) electrons. The van der Waals surface area contributed by atoms with E-state index in [9.17, 15) is 13.2 Å². The lowest BCUT2D eigenvalue weighted by atomic mass is 9.94. The van der Waals surface area contributed by atoms with Crippen molar-refractivity contribution in [1.82, 2.24) is 19.8 Å². The van der Waals surface area contributed by atoms with Crippen molar-refractivity contribution in [3.05, 3.63) is 60.1 Å². The third-order valence-corrected chi connectivity index (χ3v) is 5.12. The Labute approximate surface area is 177 Å². The van der Waals surface area contributed by atoms with Crippen LogP contribution in [0.5, 0.6) is 0 Å². The van der Waals surface area contributed by atoms with Crippen molar-refractivity contribution in [2.45, 2.75) is 31.5 Å². The van der Waals surface area contributed by atoms with Gasteiger partial charge >= 0.3 is 12.1 Å². The van der Waals surface area contributed by atoms with E-state index in [4.69, 9.17) is 14.4 Å². The Bertz CT molecular complexity index is 964. The lowest BCUT2D eigenvalue weighted by molar-refractivity contribution is -0.192. The fourth-order valence-electron chi connectivity index (χ4n) is 3.44. The third-order valence-electron chi connectivity index (χ3n) is 5.12. The lowest BCUT2D eigenvalue weighted by Crippen LogP contribution is -2.33. The van der Waals surface area contributed by atoms with Crippen LogP contribution in [0.15, 0.2) is 53.2 Å². The second-order valence-electron chi connectivity index (χ2n) is 7.28. The van der Waals surface area contributed by atoms with E-state index in [2.05, 4.69) is 45.5 Å². The minimum absolute atomic E-state index is 0.509. The maximum atomic E-state index is 10.6. The Morgan fingerprint density at radius 1 is 1.19 bits per heavy atom. The summed E-state index contributed by atoms with van der Waals surface area (Å²) in [6.45, 7) is 3.11. The topological polar surface area (TPSA) is 84.4 Å². The molecule has 31 heavy (non-hydrogen) atoms. The molecule has 1 saturated heterocycles. The summed E-state index contributed by atoms with van der Waals surface area (Å²) in [5.41, 5.74) is 3.47. The summed E-state index contributed by atoms with van der Waals surface area (Å²) in [6, 6.07) is 14.6. The molecule has 0 aliphatic carbocycles. The monoisotopic (exact) mass is 436 g/mol. The average molecular weight is 436 g/mol. The molecule has 10 heteroatoms. The van der Waals surface area contributed by atoms with E-state index in [0.717, 1.165) is 43.9 Å². The summed E-state index contributed by atoms with van der Waals surface area (Å²) in [5, 5.41) is 15.6. The van der Waals surface area contributed by atoms with Gasteiger partial charge in [-0.05, 0) is 32.0 Å². The molecule has 0 saturated carbocycles. The number of aromatic nitrogens is 3. The first-order valence-corrected chi connectivity index (χ1v) is 9.75. The van der Waals surface area contributed by atoms with E-state index in [1.165, 1.54) is 11.3 Å². The number of hydrogen-bond acceptors (Lipinski definition) is 5. The zero-order valence-corrected chi connectivity index (χ0v) is 16.9. The van der Waals surface area contributed by atoms with Crippen LogP contribution < -0.4 is 0 Å². The molecule has 1 aliphatic heterocycles. The second kappa shape index (κ2) is 9.78. The van der Waals surface area contributed by atoms with Gasteiger partial charge < -0.3 is 9.63 Å². The van der Waals surface area contributed by atoms with Crippen LogP contribution in [0.25, 0.3) is 11.3 Å². The van der Waals surface area contributed by atoms with Crippen molar-refractivity contribution in [2.24, 2.45) is 7.05 Å². The van der Waals surface area contributed by atoms with Crippen LogP contribution in [-0.2, 0) is 18.4 Å². The number of hydrogen-bond donors (Lipinski definition) is 1. The van der Waals surface area contributed by atoms with Crippen LogP contribution in [0.4, 0.5) is 13.2 Å². The molecule has 3 aromatic rings. The van der Waals surface area contributed by atoms with E-state index >= 15 is 0 Å². The molecule has 0 spiro atoms. The fourth-order valence-corrected chi connectivity index (χ4v) is 3.44. The van der Waals surface area contributed by atoms with Gasteiger partial charge in [0.15, 0.2) is 0 Å². The number of aryl methyl sites for hydroxylation is 1. The average Bonchev–Trinajstić information content (AvgIpc) is 3.40. The van der Waals surface area contributed by atoms with Gasteiger partial charge in [-0.3, -0.25) is 9.58 Å². The maximum absolute atomic E-state index is 10.6. The van der Waals surface area contributed by atoms with Crippen LogP contribution in [0, 0.1) is 0 Å². The van der Waals surface area contributed by atoms with E-state index in [0.29, 0.717) is 5.92 Å². The van der Waals surface area contributed by atoms with Crippen molar-refractivity contribution >= 4 is 5.97 Å². The van der Waals surface area contributed by atoms with Crippen molar-refractivity contribution in [3.63, 3.8) is 0 Å². The Hall–Kier alpha value is -3.14. The summed E-state index contributed by atoms with van der Waals surface area (Å²) in [4.78, 5) is 11.4. The van der Waals surface area contributed by atoms with Gasteiger partial charge in [0.25, 0.3) is 0 Å². The van der Waals surface area contributed by atoms with Gasteiger partial charge in [0.1, 0.15) is 5.76 Å². The molecule has 3 heterocycles. The van der Waals surface area contributed by atoms with Crippen molar-refractivity contribution in [3.8, 4) is 11.3 Å². The summed E-state index contributed by atoms with van der Waals surface area (Å²) < 4.78 is 39.1. The first-order chi connectivity index (χ1) is 14.7. The standard InChI is InChI=1S/C19H22N4O.C2HF3O2/c1-22-17(13-18(21-22)15-5-3-2-4-6-15)14-23-11-8-16(9-12-23)19-7-10-20-24-19;3-2(4,5)1(6)7/h2-7,10,13,16H,8-9,11-12,14H2,1H3;(H,6,7). The van der Waals surface area contributed by atoms with E-state index < -0.39 is 12.1 Å². The van der Waals surface area contributed by atoms with E-state index in [1.807, 2.05) is 23.9 Å². The minimum atomic E-state index is -5.08. The Balaban J connectivity index is 0.000000339. The zero-order chi connectivity index (χ0) is 22.4. The molecule has 0 amide bonds. The summed E-state index contributed by atoms with van der Waals surface area (Å²) >= 11 is 0. The quantitative estimate of drug-likeness (QED) is 0.663. The molecule has 166 valence electrons. The Morgan fingerprint density at radius 3 is 2.39 bits per heavy atom. The number of aliphatic carboxylic acids is 1. The van der Waals surface area contributed by atoms with Crippen LogP contribution in [0.2, 0.25) is 0 Å². The van der Waals surface area contributed by atoms with Gasteiger partial charge in [0, 0.05) is 31.1 Å². The van der Waals surface area contributed by atoms with Gasteiger partial charge in [0.05, 0.1) is 17.6 Å². The number of piperidine rings is 1. The van der Waals surface area contributed by atoms with Crippen molar-refractivity contribution < 1.29 is 27.6 Å². The predicted octanol–water partition coefficient (Wildman–Crippen LogP) is 4.09. The second-order valence-corrected chi connectivity index (χ2v) is 7.28. The molecule has 1 fully saturated rings. The van der Waals surface area contributed by atoms with E-state index in [-0.39, 0.29) is 0 Å². The van der Waals surface area contributed by atoms with Crippen LogP contribution >= 0.6 is 0 Å². The fraction of sp³-hybridized carbons (Fsp3) is 0.381. The molecule has 2 aromatic heterocycles. The molecule has 4 rings (SSSR count). The molecule has 1 aliphatic rings. The van der Waals surface area contributed by atoms with Gasteiger partial charge in [-0.15, -0.1) is 0 Å². The number of halogens is 3. The third kappa shape index (κ3) is 6.17. The molecular formula is C21H23F3N4O3. The highest BCUT2D eigenvalue weighted by molar-refractivity contribution is 5.73. The minimum Gasteiger partial charge on any atom is -0.475 e. The zero-order valence-electron chi connectivity index (χ0n) is 16.9. The number of likely N-dealkylation sites (tertiary alicyclic amines) is 1. The number of benzene rings is 1. The van der Waals surface area contributed by atoms with Gasteiger partial charge in [-0.25, -0.2) is 4.79 Å². The van der Waals surface area contributed by atoms with Gasteiger partial charge in [-0.1, -0.05) is 35.5 Å². The van der Waals surface area contributed by atoms with Gasteiger partial charge in [0.2, 0.25) is 0 Å². The van der Waals surface area contributed by atoms with Crippen LogP contribution in [0.3, 0.4) is 0 Å². The largest absolute Gasteiger partial charge is 0.490 e. The number of carbonyl (C=O) groups is 1. The first-order valence-electron chi connectivity index (χ1n) is 9.75. The molecular weight excluding hydrogens is 413 g/mol. The number of nitrogens with zero attached hydrogens (tertiary/aromatic N) is 4. The van der Waals surface area contributed by atoms with Crippen LogP contribution in [0.1, 0.15) is 30.2 Å². The number of carboxylic acids is 1. The summed E-state index contributed by atoms with van der Waals surface area (Å²) in [7, 11) is 2.03. The number of alkyl halides is 3. The van der Waals surface area contributed by atoms with Crippen molar-refractivity contribution in [1.29, 1.82) is 0 Å².